The summed E-state index contributed by atoms with van der Waals surface area (Å²) in [4.78, 5) is 16.3. The first kappa shape index (κ1) is 15.7. The van der Waals surface area contributed by atoms with Crippen LogP contribution in [0.15, 0.2) is 0 Å². The Hall–Kier alpha value is -0.650. The Bertz CT molecular complexity index is 297. The van der Waals surface area contributed by atoms with E-state index < -0.39 is 0 Å². The zero-order valence-electron chi connectivity index (χ0n) is 12.8. The lowest BCUT2D eigenvalue weighted by Gasteiger charge is -2.46. The van der Waals surface area contributed by atoms with Crippen LogP contribution in [0.5, 0.6) is 0 Å². The number of unbranched alkanes of at least 4 members (excludes halogenated alkanes) is 1. The third kappa shape index (κ3) is 4.72. The third-order valence-electron chi connectivity index (χ3n) is 4.28. The number of hydrogen-bond donors (Lipinski definition) is 0. The Morgan fingerprint density at radius 1 is 1.25 bits per heavy atom. The first-order chi connectivity index (χ1) is 9.69. The molecule has 20 heavy (non-hydrogen) atoms. The van der Waals surface area contributed by atoms with Gasteiger partial charge in [0.2, 0.25) is 0 Å². The molecule has 0 aliphatic carbocycles. The highest BCUT2D eigenvalue weighted by Gasteiger charge is 2.34. The van der Waals surface area contributed by atoms with Gasteiger partial charge in [0, 0.05) is 19.1 Å². The summed E-state index contributed by atoms with van der Waals surface area (Å²) in [7, 11) is 2.18. The standard InChI is InChI=1S/C15H28N2O3/c1-3-4-9-19-15(18)12-20-14-10-17(11-14)13-5-7-16(2)8-6-13/h13-14H,3-12H2,1-2H3. The van der Waals surface area contributed by atoms with Gasteiger partial charge in [0.1, 0.15) is 6.61 Å². The van der Waals surface area contributed by atoms with Crippen LogP contribution in [0.1, 0.15) is 32.6 Å². The SMILES string of the molecule is CCCCOC(=O)COC1CN(C2CCN(C)CC2)C1. The Morgan fingerprint density at radius 2 is 1.95 bits per heavy atom. The molecule has 2 rings (SSSR count). The second kappa shape index (κ2) is 7.96. The van der Waals surface area contributed by atoms with E-state index in [1.165, 1.54) is 25.9 Å². The number of esters is 1. The molecule has 2 aliphatic heterocycles. The summed E-state index contributed by atoms with van der Waals surface area (Å²) in [5.41, 5.74) is 0. The molecule has 0 N–H and O–H groups in total. The molecule has 2 heterocycles. The van der Waals surface area contributed by atoms with Gasteiger partial charge in [-0.3, -0.25) is 4.90 Å². The van der Waals surface area contributed by atoms with Gasteiger partial charge in [-0.15, -0.1) is 0 Å². The molecule has 116 valence electrons. The predicted octanol–water partition coefficient (Wildman–Crippen LogP) is 1.12. The molecular formula is C15H28N2O3. The van der Waals surface area contributed by atoms with Crippen molar-refractivity contribution in [1.29, 1.82) is 0 Å². The Balaban J connectivity index is 1.52. The number of ether oxygens (including phenoxy) is 2. The van der Waals surface area contributed by atoms with Gasteiger partial charge in [-0.1, -0.05) is 13.3 Å². The van der Waals surface area contributed by atoms with Crippen LogP contribution < -0.4 is 0 Å². The number of carbonyl (C=O) groups is 1. The molecule has 0 amide bonds. The molecule has 0 radical (unpaired) electrons. The molecule has 0 saturated carbocycles. The minimum absolute atomic E-state index is 0.107. The summed E-state index contributed by atoms with van der Waals surface area (Å²) in [5.74, 6) is -0.226. The maximum absolute atomic E-state index is 11.4. The Morgan fingerprint density at radius 3 is 2.60 bits per heavy atom. The lowest BCUT2D eigenvalue weighted by molar-refractivity contribution is -0.156. The van der Waals surface area contributed by atoms with E-state index in [-0.39, 0.29) is 18.7 Å². The summed E-state index contributed by atoms with van der Waals surface area (Å²) in [5, 5.41) is 0. The summed E-state index contributed by atoms with van der Waals surface area (Å²) in [6, 6.07) is 0.711. The number of nitrogens with zero attached hydrogens (tertiary/aromatic N) is 2. The number of piperidine rings is 1. The van der Waals surface area contributed by atoms with E-state index in [4.69, 9.17) is 9.47 Å². The van der Waals surface area contributed by atoms with Gasteiger partial charge in [0.05, 0.1) is 12.7 Å². The van der Waals surface area contributed by atoms with Crippen LogP contribution in [0.4, 0.5) is 0 Å². The van der Waals surface area contributed by atoms with Crippen molar-refractivity contribution in [3.8, 4) is 0 Å². The first-order valence-electron chi connectivity index (χ1n) is 7.89. The van der Waals surface area contributed by atoms with Crippen LogP contribution in [-0.4, -0.2) is 74.4 Å². The zero-order valence-corrected chi connectivity index (χ0v) is 12.8. The summed E-state index contributed by atoms with van der Waals surface area (Å²) in [6.45, 7) is 7.02. The van der Waals surface area contributed by atoms with Crippen molar-refractivity contribution in [3.05, 3.63) is 0 Å². The fraction of sp³-hybridized carbons (Fsp3) is 0.933. The minimum atomic E-state index is -0.226. The largest absolute Gasteiger partial charge is 0.464 e. The molecule has 0 spiro atoms. The monoisotopic (exact) mass is 284 g/mol. The van der Waals surface area contributed by atoms with E-state index in [9.17, 15) is 4.79 Å². The maximum Gasteiger partial charge on any atom is 0.332 e. The van der Waals surface area contributed by atoms with Gasteiger partial charge in [0.15, 0.2) is 0 Å². The lowest BCUT2D eigenvalue weighted by Crippen LogP contribution is -2.58. The molecule has 0 aromatic heterocycles. The number of rotatable bonds is 7. The molecule has 5 heteroatoms. The van der Waals surface area contributed by atoms with Crippen LogP contribution in [0, 0.1) is 0 Å². The van der Waals surface area contributed by atoms with Crippen LogP contribution >= 0.6 is 0 Å². The van der Waals surface area contributed by atoms with Crippen molar-refractivity contribution >= 4 is 5.97 Å². The second-order valence-corrected chi connectivity index (χ2v) is 6.00. The van der Waals surface area contributed by atoms with Gasteiger partial charge in [-0.25, -0.2) is 4.79 Å². The zero-order chi connectivity index (χ0) is 14.4. The van der Waals surface area contributed by atoms with Crippen molar-refractivity contribution < 1.29 is 14.3 Å². The predicted molar refractivity (Wildman–Crippen MR) is 77.7 cm³/mol. The van der Waals surface area contributed by atoms with E-state index in [2.05, 4.69) is 23.8 Å². The normalized spacial score (nSPS) is 22.7. The maximum atomic E-state index is 11.4. The highest BCUT2D eigenvalue weighted by Crippen LogP contribution is 2.22. The minimum Gasteiger partial charge on any atom is -0.464 e. The fourth-order valence-electron chi connectivity index (χ4n) is 2.79. The number of carbonyl (C=O) groups excluding carboxylic acids is 1. The topological polar surface area (TPSA) is 42.0 Å². The Kier molecular flexibility index (Phi) is 6.26. The lowest BCUT2D eigenvalue weighted by atomic mass is 9.99. The van der Waals surface area contributed by atoms with Gasteiger partial charge in [-0.2, -0.15) is 0 Å². The first-order valence-corrected chi connectivity index (χ1v) is 7.89. The molecule has 2 aliphatic rings. The van der Waals surface area contributed by atoms with Crippen molar-refractivity contribution in [2.75, 3.05) is 46.4 Å². The molecule has 0 aromatic rings. The van der Waals surface area contributed by atoms with Crippen LogP contribution in [0.25, 0.3) is 0 Å². The van der Waals surface area contributed by atoms with Crippen molar-refractivity contribution in [2.45, 2.75) is 44.8 Å². The van der Waals surface area contributed by atoms with Crippen molar-refractivity contribution in [1.82, 2.24) is 9.80 Å². The average Bonchev–Trinajstić information content (AvgIpc) is 2.39. The second-order valence-electron chi connectivity index (χ2n) is 6.00. The smallest absolute Gasteiger partial charge is 0.332 e. The molecule has 0 atom stereocenters. The van der Waals surface area contributed by atoms with E-state index in [0.717, 1.165) is 25.9 Å². The summed E-state index contributed by atoms with van der Waals surface area (Å²) < 4.78 is 10.7. The van der Waals surface area contributed by atoms with Gasteiger partial charge >= 0.3 is 5.97 Å². The van der Waals surface area contributed by atoms with E-state index in [1.807, 2.05) is 0 Å². The van der Waals surface area contributed by atoms with E-state index in [1.54, 1.807) is 0 Å². The highest BCUT2D eigenvalue weighted by molar-refractivity contribution is 5.70. The Labute approximate surface area is 122 Å². The van der Waals surface area contributed by atoms with Gasteiger partial charge < -0.3 is 14.4 Å². The number of hydrogen-bond acceptors (Lipinski definition) is 5. The average molecular weight is 284 g/mol. The molecule has 2 saturated heterocycles. The van der Waals surface area contributed by atoms with E-state index in [0.29, 0.717) is 12.6 Å². The fourth-order valence-corrected chi connectivity index (χ4v) is 2.79. The molecule has 0 aromatic carbocycles. The molecular weight excluding hydrogens is 256 g/mol. The molecule has 0 bridgehead atoms. The number of likely N-dealkylation sites (tertiary alicyclic amines) is 2. The van der Waals surface area contributed by atoms with Crippen LogP contribution in [-0.2, 0) is 14.3 Å². The van der Waals surface area contributed by atoms with Gasteiger partial charge in [0.25, 0.3) is 0 Å². The molecule has 2 fully saturated rings. The van der Waals surface area contributed by atoms with Gasteiger partial charge in [-0.05, 0) is 39.4 Å². The summed E-state index contributed by atoms with van der Waals surface area (Å²) in [6.07, 6.45) is 4.69. The van der Waals surface area contributed by atoms with Crippen molar-refractivity contribution in [2.24, 2.45) is 0 Å². The molecule has 0 unspecified atom stereocenters. The van der Waals surface area contributed by atoms with Crippen LogP contribution in [0.2, 0.25) is 0 Å². The third-order valence-corrected chi connectivity index (χ3v) is 4.28. The van der Waals surface area contributed by atoms with Crippen LogP contribution in [0.3, 0.4) is 0 Å². The quantitative estimate of drug-likeness (QED) is 0.518. The highest BCUT2D eigenvalue weighted by atomic mass is 16.6. The van der Waals surface area contributed by atoms with Crippen molar-refractivity contribution in [3.63, 3.8) is 0 Å². The summed E-state index contributed by atoms with van der Waals surface area (Å²) >= 11 is 0. The van der Waals surface area contributed by atoms with E-state index >= 15 is 0 Å². The molecule has 5 nitrogen and oxygen atoms in total.